The van der Waals surface area contributed by atoms with Gasteiger partial charge in [0.05, 0.1) is 18.1 Å². The van der Waals surface area contributed by atoms with E-state index in [0.717, 1.165) is 6.20 Å². The quantitative estimate of drug-likeness (QED) is 0.838. The van der Waals surface area contributed by atoms with Crippen LogP contribution in [0.2, 0.25) is 0 Å². The van der Waals surface area contributed by atoms with E-state index in [1.165, 1.54) is 35.1 Å². The predicted molar refractivity (Wildman–Crippen MR) is 54.9 cm³/mol. The van der Waals surface area contributed by atoms with E-state index < -0.39 is 10.0 Å². The second kappa shape index (κ2) is 3.69. The summed E-state index contributed by atoms with van der Waals surface area (Å²) in [6.07, 6.45) is 2.40. The molecule has 0 saturated heterocycles. The molecule has 1 aromatic carbocycles. The fraction of sp³-hybridized carbons (Fsp3) is 0. The summed E-state index contributed by atoms with van der Waals surface area (Å²) >= 11 is 0. The predicted octanol–water partition coefficient (Wildman–Crippen LogP) is 0.659. The minimum Gasteiger partial charge on any atom is -0.240 e. The number of sulfonamides is 1. The van der Waals surface area contributed by atoms with Crippen molar-refractivity contribution in [3.8, 4) is 5.69 Å². The highest BCUT2D eigenvalue weighted by molar-refractivity contribution is 7.89. The van der Waals surface area contributed by atoms with E-state index >= 15 is 0 Å². The number of aromatic nitrogens is 2. The zero-order valence-corrected chi connectivity index (χ0v) is 8.86. The molecule has 0 fully saturated rings. The molecule has 2 aromatic rings. The molecule has 2 N–H and O–H groups in total. The van der Waals surface area contributed by atoms with Gasteiger partial charge in [-0.2, -0.15) is 5.10 Å². The number of hydrogen-bond donors (Lipinski definition) is 1. The molecule has 0 aliphatic heterocycles. The van der Waals surface area contributed by atoms with Gasteiger partial charge in [-0.15, -0.1) is 0 Å². The fourth-order valence-corrected chi connectivity index (χ4v) is 1.63. The third-order valence-electron chi connectivity index (χ3n) is 1.98. The van der Waals surface area contributed by atoms with Gasteiger partial charge in [-0.3, -0.25) is 0 Å². The molecule has 16 heavy (non-hydrogen) atoms. The smallest absolute Gasteiger partial charge is 0.240 e. The van der Waals surface area contributed by atoms with E-state index in [0.29, 0.717) is 5.69 Å². The Hall–Kier alpha value is -1.73. The fourth-order valence-electron chi connectivity index (χ4n) is 1.19. The SMILES string of the molecule is NS(=O)(=O)c1cnn(-c2ccc(F)cc2)c1. The molecule has 0 unspecified atom stereocenters. The van der Waals surface area contributed by atoms with Crippen LogP contribution in [-0.4, -0.2) is 18.2 Å². The van der Waals surface area contributed by atoms with Crippen LogP contribution < -0.4 is 5.14 Å². The summed E-state index contributed by atoms with van der Waals surface area (Å²) in [5.41, 5.74) is 0.552. The Bertz CT molecular complexity index is 604. The van der Waals surface area contributed by atoms with Gasteiger partial charge in [0.1, 0.15) is 10.7 Å². The number of hydrogen-bond acceptors (Lipinski definition) is 3. The van der Waals surface area contributed by atoms with E-state index in [-0.39, 0.29) is 10.7 Å². The first-order valence-corrected chi connectivity index (χ1v) is 5.85. The molecule has 84 valence electrons. The molecule has 0 aliphatic rings. The van der Waals surface area contributed by atoms with Crippen molar-refractivity contribution in [2.24, 2.45) is 5.14 Å². The van der Waals surface area contributed by atoms with E-state index in [1.54, 1.807) is 0 Å². The van der Waals surface area contributed by atoms with Crippen LogP contribution in [0.3, 0.4) is 0 Å². The number of halogens is 1. The molecular weight excluding hydrogens is 233 g/mol. The van der Waals surface area contributed by atoms with Gasteiger partial charge in [0.25, 0.3) is 0 Å². The van der Waals surface area contributed by atoms with Gasteiger partial charge < -0.3 is 0 Å². The Morgan fingerprint density at radius 1 is 1.25 bits per heavy atom. The number of nitrogens with two attached hydrogens (primary N) is 1. The van der Waals surface area contributed by atoms with E-state index in [1.807, 2.05) is 0 Å². The van der Waals surface area contributed by atoms with Crippen molar-refractivity contribution < 1.29 is 12.8 Å². The van der Waals surface area contributed by atoms with Crippen LogP contribution in [0.1, 0.15) is 0 Å². The zero-order valence-electron chi connectivity index (χ0n) is 8.04. The van der Waals surface area contributed by atoms with Crippen molar-refractivity contribution in [3.05, 3.63) is 42.5 Å². The van der Waals surface area contributed by atoms with Gasteiger partial charge in [-0.25, -0.2) is 22.6 Å². The topological polar surface area (TPSA) is 78.0 Å². The summed E-state index contributed by atoms with van der Waals surface area (Å²) < 4.78 is 35.9. The number of benzene rings is 1. The van der Waals surface area contributed by atoms with E-state index in [9.17, 15) is 12.8 Å². The molecule has 1 heterocycles. The highest BCUT2D eigenvalue weighted by atomic mass is 32.2. The van der Waals surface area contributed by atoms with Crippen LogP contribution in [-0.2, 0) is 10.0 Å². The molecular formula is C9H8FN3O2S. The minimum absolute atomic E-state index is 0.0863. The maximum Gasteiger partial charge on any atom is 0.241 e. The van der Waals surface area contributed by atoms with Gasteiger partial charge in [0, 0.05) is 0 Å². The molecule has 0 spiro atoms. The molecule has 0 bridgehead atoms. The lowest BCUT2D eigenvalue weighted by Gasteiger charge is -1.99. The highest BCUT2D eigenvalue weighted by Crippen LogP contribution is 2.11. The van der Waals surface area contributed by atoms with Crippen molar-refractivity contribution in [1.82, 2.24) is 9.78 Å². The lowest BCUT2D eigenvalue weighted by Crippen LogP contribution is -2.11. The monoisotopic (exact) mass is 241 g/mol. The van der Waals surface area contributed by atoms with Gasteiger partial charge >= 0.3 is 0 Å². The number of rotatable bonds is 2. The third-order valence-corrected chi connectivity index (χ3v) is 2.85. The second-order valence-electron chi connectivity index (χ2n) is 3.14. The standard InChI is InChI=1S/C9H8FN3O2S/c10-7-1-3-8(4-2-7)13-6-9(5-12-13)16(11,14)15/h1-6H,(H2,11,14,15). The molecule has 2 rings (SSSR count). The molecule has 0 saturated carbocycles. The van der Waals surface area contributed by atoms with Crippen molar-refractivity contribution in [1.29, 1.82) is 0 Å². The van der Waals surface area contributed by atoms with E-state index in [2.05, 4.69) is 5.10 Å². The molecule has 0 radical (unpaired) electrons. The summed E-state index contributed by atoms with van der Waals surface area (Å²) in [4.78, 5) is -0.0863. The normalized spacial score (nSPS) is 11.6. The first-order valence-electron chi connectivity index (χ1n) is 4.30. The Labute approximate surface area is 91.4 Å². The van der Waals surface area contributed by atoms with Gasteiger partial charge in [-0.05, 0) is 24.3 Å². The molecule has 0 aliphatic carbocycles. The zero-order chi connectivity index (χ0) is 11.8. The number of primary sulfonamides is 1. The van der Waals surface area contributed by atoms with Crippen LogP contribution in [0.4, 0.5) is 4.39 Å². The molecule has 5 nitrogen and oxygen atoms in total. The minimum atomic E-state index is -3.76. The summed E-state index contributed by atoms with van der Waals surface area (Å²) in [5, 5.41) is 8.75. The van der Waals surface area contributed by atoms with E-state index in [4.69, 9.17) is 5.14 Å². The lowest BCUT2D eigenvalue weighted by molar-refractivity contribution is 0.597. The first kappa shape index (κ1) is 10.8. The Morgan fingerprint density at radius 3 is 2.38 bits per heavy atom. The Morgan fingerprint density at radius 2 is 1.88 bits per heavy atom. The van der Waals surface area contributed by atoms with Gasteiger partial charge in [0.15, 0.2) is 0 Å². The summed E-state index contributed by atoms with van der Waals surface area (Å²) in [5.74, 6) is -0.373. The first-order chi connectivity index (χ1) is 7.47. The van der Waals surface area contributed by atoms with Crippen LogP contribution in [0.5, 0.6) is 0 Å². The maximum atomic E-state index is 12.7. The van der Waals surface area contributed by atoms with Crippen LogP contribution >= 0.6 is 0 Å². The third kappa shape index (κ3) is 2.10. The van der Waals surface area contributed by atoms with Crippen molar-refractivity contribution in [2.75, 3.05) is 0 Å². The van der Waals surface area contributed by atoms with Gasteiger partial charge in [-0.1, -0.05) is 0 Å². The Kier molecular flexibility index (Phi) is 2.49. The van der Waals surface area contributed by atoms with Gasteiger partial charge in [0.2, 0.25) is 10.0 Å². The number of nitrogens with zero attached hydrogens (tertiary/aromatic N) is 2. The second-order valence-corrected chi connectivity index (χ2v) is 4.70. The highest BCUT2D eigenvalue weighted by Gasteiger charge is 2.11. The molecule has 0 atom stereocenters. The molecule has 1 aromatic heterocycles. The largest absolute Gasteiger partial charge is 0.241 e. The summed E-state index contributed by atoms with van der Waals surface area (Å²) in [7, 11) is -3.76. The Balaban J connectivity index is 2.43. The lowest BCUT2D eigenvalue weighted by atomic mass is 10.3. The van der Waals surface area contributed by atoms with Crippen LogP contribution in [0, 0.1) is 5.82 Å². The summed E-state index contributed by atoms with van der Waals surface area (Å²) in [6, 6.07) is 5.48. The van der Waals surface area contributed by atoms with Crippen LogP contribution in [0.15, 0.2) is 41.6 Å². The van der Waals surface area contributed by atoms with Crippen molar-refractivity contribution in [3.63, 3.8) is 0 Å². The average Bonchev–Trinajstić information content (AvgIpc) is 2.67. The van der Waals surface area contributed by atoms with Crippen molar-refractivity contribution >= 4 is 10.0 Å². The van der Waals surface area contributed by atoms with Crippen LogP contribution in [0.25, 0.3) is 5.69 Å². The maximum absolute atomic E-state index is 12.7. The average molecular weight is 241 g/mol. The van der Waals surface area contributed by atoms with Crippen molar-refractivity contribution in [2.45, 2.75) is 4.90 Å². The molecule has 0 amide bonds. The summed E-state index contributed by atoms with van der Waals surface area (Å²) in [6.45, 7) is 0. The molecule has 7 heteroatoms.